The molecule has 1 aliphatic heterocycles. The first kappa shape index (κ1) is 24.1. The van der Waals surface area contributed by atoms with Crippen molar-refractivity contribution < 1.29 is 18.7 Å². The number of benzene rings is 1. The lowest BCUT2D eigenvalue weighted by atomic mass is 9.93. The van der Waals surface area contributed by atoms with Gasteiger partial charge in [0.1, 0.15) is 6.54 Å². The lowest BCUT2D eigenvalue weighted by Crippen LogP contribution is -2.37. The van der Waals surface area contributed by atoms with E-state index in [4.69, 9.17) is 4.74 Å². The fourth-order valence-electron chi connectivity index (χ4n) is 3.38. The summed E-state index contributed by atoms with van der Waals surface area (Å²) in [7, 11) is 0. The summed E-state index contributed by atoms with van der Waals surface area (Å²) < 4.78 is 19.6. The first-order chi connectivity index (χ1) is 14.2. The van der Waals surface area contributed by atoms with E-state index in [1.54, 1.807) is 11.0 Å². The Morgan fingerprint density at radius 3 is 2.53 bits per heavy atom. The third-order valence-electron chi connectivity index (χ3n) is 5.26. The van der Waals surface area contributed by atoms with Crippen molar-refractivity contribution in [3.8, 4) is 5.75 Å². The van der Waals surface area contributed by atoms with E-state index in [0.29, 0.717) is 24.8 Å². The maximum atomic E-state index is 14.0. The summed E-state index contributed by atoms with van der Waals surface area (Å²) >= 11 is 0. The van der Waals surface area contributed by atoms with Gasteiger partial charge in [0.25, 0.3) is 0 Å². The zero-order chi connectivity index (χ0) is 22.1. The smallest absolute Gasteiger partial charge is 0.324 e. The number of carbonyl (C=O) groups is 2. The largest absolute Gasteiger partial charge is 0.490 e. The summed E-state index contributed by atoms with van der Waals surface area (Å²) in [5.41, 5.74) is 0.723. The van der Waals surface area contributed by atoms with Crippen LogP contribution in [0.4, 0.5) is 9.18 Å². The monoisotopic (exact) mass is 421 g/mol. The van der Waals surface area contributed by atoms with Crippen LogP contribution in [-0.2, 0) is 10.3 Å². The molecule has 0 unspecified atom stereocenters. The lowest BCUT2D eigenvalue weighted by Gasteiger charge is -2.28. The van der Waals surface area contributed by atoms with Crippen molar-refractivity contribution in [2.24, 2.45) is 5.92 Å². The van der Waals surface area contributed by atoms with Gasteiger partial charge in [0, 0.05) is 12.1 Å². The zero-order valence-corrected chi connectivity index (χ0v) is 18.7. The third-order valence-corrected chi connectivity index (χ3v) is 5.26. The van der Waals surface area contributed by atoms with Crippen molar-refractivity contribution >= 4 is 11.9 Å². The fraction of sp³-hybridized carbons (Fsp3) is 0.652. The molecule has 7 heteroatoms. The average molecular weight is 422 g/mol. The predicted molar refractivity (Wildman–Crippen MR) is 116 cm³/mol. The van der Waals surface area contributed by atoms with Crippen LogP contribution in [0.5, 0.6) is 5.75 Å². The lowest BCUT2D eigenvalue weighted by molar-refractivity contribution is -0.118. The van der Waals surface area contributed by atoms with Crippen molar-refractivity contribution in [2.45, 2.75) is 65.3 Å². The fourth-order valence-corrected chi connectivity index (χ4v) is 3.38. The Balaban J connectivity index is 1.65. The number of nitrogens with zero attached hydrogens (tertiary/aromatic N) is 1. The van der Waals surface area contributed by atoms with Crippen molar-refractivity contribution in [1.29, 1.82) is 0 Å². The van der Waals surface area contributed by atoms with Crippen LogP contribution in [0, 0.1) is 11.7 Å². The molecule has 6 nitrogen and oxygen atoms in total. The second-order valence-corrected chi connectivity index (χ2v) is 8.94. The predicted octanol–water partition coefficient (Wildman–Crippen LogP) is 4.19. The topological polar surface area (TPSA) is 70.7 Å². The maximum absolute atomic E-state index is 14.0. The Morgan fingerprint density at radius 1 is 1.17 bits per heavy atom. The van der Waals surface area contributed by atoms with Gasteiger partial charge in [-0.2, -0.15) is 0 Å². The molecule has 168 valence electrons. The minimum absolute atomic E-state index is 0.186. The molecule has 1 aromatic rings. The van der Waals surface area contributed by atoms with Gasteiger partial charge in [-0.1, -0.05) is 39.2 Å². The van der Waals surface area contributed by atoms with Gasteiger partial charge < -0.3 is 15.0 Å². The number of hydrogen-bond acceptors (Lipinski definition) is 4. The highest BCUT2D eigenvalue weighted by atomic mass is 19.1. The molecule has 30 heavy (non-hydrogen) atoms. The van der Waals surface area contributed by atoms with Crippen LogP contribution < -0.4 is 15.4 Å². The van der Waals surface area contributed by atoms with E-state index in [2.05, 4.69) is 24.5 Å². The molecule has 2 rings (SSSR count). The number of imide groups is 1. The van der Waals surface area contributed by atoms with Gasteiger partial charge in [-0.05, 0) is 56.8 Å². The minimum Gasteiger partial charge on any atom is -0.490 e. The van der Waals surface area contributed by atoms with Gasteiger partial charge in [0.15, 0.2) is 11.6 Å². The van der Waals surface area contributed by atoms with Gasteiger partial charge in [-0.25, -0.2) is 9.18 Å². The summed E-state index contributed by atoms with van der Waals surface area (Å²) in [4.78, 5) is 24.2. The molecule has 0 aliphatic carbocycles. The highest BCUT2D eigenvalue weighted by molar-refractivity contribution is 6.01. The summed E-state index contributed by atoms with van der Waals surface area (Å²) in [5.74, 6) is 0.109. The number of nitrogens with one attached hydrogen (secondary N) is 2. The zero-order valence-electron chi connectivity index (χ0n) is 18.7. The SMILES string of the molecule is CC(C)COc1cc(C(C)(C)NCCCCCCCN2CC(=O)NC2=O)ccc1F. The highest BCUT2D eigenvalue weighted by Gasteiger charge is 2.25. The Morgan fingerprint density at radius 2 is 1.87 bits per heavy atom. The van der Waals surface area contributed by atoms with Crippen LogP contribution in [-0.4, -0.2) is 43.1 Å². The van der Waals surface area contributed by atoms with Crippen LogP contribution in [0.15, 0.2) is 18.2 Å². The number of rotatable bonds is 13. The van der Waals surface area contributed by atoms with Crippen molar-refractivity contribution in [3.63, 3.8) is 0 Å². The third kappa shape index (κ3) is 7.59. The Kier molecular flexibility index (Phi) is 9.08. The average Bonchev–Trinajstić information content (AvgIpc) is 3.00. The van der Waals surface area contributed by atoms with Gasteiger partial charge in [-0.15, -0.1) is 0 Å². The summed E-state index contributed by atoms with van der Waals surface area (Å²) in [6, 6.07) is 4.81. The van der Waals surface area contributed by atoms with Crippen LogP contribution in [0.25, 0.3) is 0 Å². The molecule has 1 aromatic carbocycles. The van der Waals surface area contributed by atoms with Crippen LogP contribution in [0.3, 0.4) is 0 Å². The first-order valence-corrected chi connectivity index (χ1v) is 11.0. The molecular weight excluding hydrogens is 385 g/mol. The van der Waals surface area contributed by atoms with Crippen LogP contribution >= 0.6 is 0 Å². The molecular formula is C23H36FN3O3. The summed E-state index contributed by atoms with van der Waals surface area (Å²) in [5, 5.41) is 5.85. The second-order valence-electron chi connectivity index (χ2n) is 8.94. The van der Waals surface area contributed by atoms with Gasteiger partial charge >= 0.3 is 6.03 Å². The van der Waals surface area contributed by atoms with E-state index in [-0.39, 0.29) is 29.8 Å². The normalized spacial score (nSPS) is 14.5. The molecule has 3 amide bonds. The Labute approximate surface area is 179 Å². The van der Waals surface area contributed by atoms with Crippen molar-refractivity contribution in [1.82, 2.24) is 15.5 Å². The van der Waals surface area contributed by atoms with Crippen molar-refractivity contribution in [2.75, 3.05) is 26.2 Å². The standard InChI is InChI=1S/C23H36FN3O3/c1-17(2)16-30-20-14-18(10-11-19(20)24)23(3,4)25-12-8-6-5-7-9-13-27-15-21(28)26-22(27)29/h10-11,14,17,25H,5-9,12-13,15-16H2,1-4H3,(H,26,28,29). The summed E-state index contributed by atoms with van der Waals surface area (Å²) in [6.07, 6.45) is 5.18. The molecule has 0 atom stereocenters. The van der Waals surface area contributed by atoms with E-state index >= 15 is 0 Å². The molecule has 1 saturated heterocycles. The molecule has 0 spiro atoms. The number of urea groups is 1. The summed E-state index contributed by atoms with van der Waals surface area (Å²) in [6.45, 7) is 10.4. The number of hydrogen-bond donors (Lipinski definition) is 2. The number of carbonyl (C=O) groups excluding carboxylic acids is 2. The van der Waals surface area contributed by atoms with Crippen LogP contribution in [0.2, 0.25) is 0 Å². The van der Waals surface area contributed by atoms with E-state index in [9.17, 15) is 14.0 Å². The molecule has 1 fully saturated rings. The van der Waals surface area contributed by atoms with Gasteiger partial charge in [0.05, 0.1) is 6.61 Å². The molecule has 0 aromatic heterocycles. The molecule has 1 aliphatic rings. The first-order valence-electron chi connectivity index (χ1n) is 11.0. The minimum atomic E-state index is -0.328. The quantitative estimate of drug-likeness (QED) is 0.370. The maximum Gasteiger partial charge on any atom is 0.324 e. The highest BCUT2D eigenvalue weighted by Crippen LogP contribution is 2.27. The number of ether oxygens (including phenoxy) is 1. The molecule has 0 bridgehead atoms. The molecule has 0 radical (unpaired) electrons. The second kappa shape index (κ2) is 11.3. The Hall–Kier alpha value is -2.15. The molecule has 1 heterocycles. The van der Waals surface area contributed by atoms with Gasteiger partial charge in [-0.3, -0.25) is 10.1 Å². The van der Waals surface area contributed by atoms with Crippen molar-refractivity contribution in [3.05, 3.63) is 29.6 Å². The van der Waals surface area contributed by atoms with Gasteiger partial charge in [0.2, 0.25) is 5.91 Å². The van der Waals surface area contributed by atoms with E-state index in [1.807, 2.05) is 19.9 Å². The van der Waals surface area contributed by atoms with E-state index in [0.717, 1.165) is 44.2 Å². The number of halogens is 1. The molecule has 0 saturated carbocycles. The Bertz CT molecular complexity index is 722. The number of unbranched alkanes of at least 4 members (excludes halogenated alkanes) is 4. The molecule has 2 N–H and O–H groups in total. The number of amides is 3. The van der Waals surface area contributed by atoms with Crippen LogP contribution in [0.1, 0.15) is 65.4 Å². The van der Waals surface area contributed by atoms with E-state index < -0.39 is 0 Å². The van der Waals surface area contributed by atoms with E-state index in [1.165, 1.54) is 6.07 Å².